The van der Waals surface area contributed by atoms with E-state index in [1.54, 1.807) is 6.07 Å². The molecular weight excluding hydrogens is 323 g/mol. The van der Waals surface area contributed by atoms with Crippen molar-refractivity contribution >= 4 is 10.9 Å². The van der Waals surface area contributed by atoms with Crippen molar-refractivity contribution in [3.05, 3.63) is 59.9 Å². The molecule has 3 heteroatoms. The third kappa shape index (κ3) is 3.83. The highest BCUT2D eigenvalue weighted by atomic mass is 19.1. The number of rotatable bonds is 9. The molecule has 0 aliphatic rings. The van der Waals surface area contributed by atoms with Gasteiger partial charge in [0.25, 0.3) is 0 Å². The van der Waals surface area contributed by atoms with Crippen molar-refractivity contribution in [2.24, 2.45) is 5.73 Å². The molecule has 0 unspecified atom stereocenters. The van der Waals surface area contributed by atoms with E-state index >= 15 is 0 Å². The van der Waals surface area contributed by atoms with Crippen LogP contribution in [0, 0.1) is 5.82 Å². The molecule has 0 spiro atoms. The minimum Gasteiger partial charge on any atom is -0.340 e. The molecule has 0 fully saturated rings. The smallest absolute Gasteiger partial charge is 0.132 e. The first-order valence-corrected chi connectivity index (χ1v) is 9.83. The summed E-state index contributed by atoms with van der Waals surface area (Å²) in [6, 6.07) is 15.3. The number of hydrogen-bond acceptors (Lipinski definition) is 1. The van der Waals surface area contributed by atoms with E-state index in [0.717, 1.165) is 35.1 Å². The zero-order valence-corrected chi connectivity index (χ0v) is 15.7. The molecule has 138 valence electrons. The Labute approximate surface area is 155 Å². The van der Waals surface area contributed by atoms with E-state index in [9.17, 15) is 4.39 Å². The van der Waals surface area contributed by atoms with Crippen LogP contribution in [0.5, 0.6) is 0 Å². The Balaban J connectivity index is 1.97. The molecule has 0 bridgehead atoms. The zero-order chi connectivity index (χ0) is 18.4. The van der Waals surface area contributed by atoms with Crippen LogP contribution in [-0.4, -0.2) is 4.57 Å². The molecule has 0 aliphatic heterocycles. The molecule has 3 rings (SSSR count). The summed E-state index contributed by atoms with van der Waals surface area (Å²) in [4.78, 5) is 0. The van der Waals surface area contributed by atoms with Crippen LogP contribution in [0.4, 0.5) is 4.39 Å². The van der Waals surface area contributed by atoms with Crippen molar-refractivity contribution in [1.29, 1.82) is 0 Å². The first kappa shape index (κ1) is 18.7. The van der Waals surface area contributed by atoms with Gasteiger partial charge in [-0.05, 0) is 30.2 Å². The molecule has 0 amide bonds. The number of hydrogen-bond donors (Lipinski definition) is 1. The van der Waals surface area contributed by atoms with E-state index in [1.165, 1.54) is 38.2 Å². The summed E-state index contributed by atoms with van der Waals surface area (Å²) in [6.45, 7) is 3.55. The molecule has 0 radical (unpaired) electrons. The average molecular weight is 352 g/mol. The first-order valence-electron chi connectivity index (χ1n) is 9.83. The van der Waals surface area contributed by atoms with E-state index in [0.29, 0.717) is 12.1 Å². The number of unbranched alkanes of at least 4 members (excludes halogenated alkanes) is 5. The van der Waals surface area contributed by atoms with Crippen LogP contribution in [-0.2, 0) is 13.1 Å². The number of fused-ring (bicyclic) bond motifs is 1. The molecule has 0 atom stereocenters. The van der Waals surface area contributed by atoms with Gasteiger partial charge in [0.05, 0.1) is 5.69 Å². The standard InChI is InChI=1S/C23H29FN2/c1-2-3-4-5-6-11-16-26-22-15-10-8-12-18(22)20(17-25)23(26)19-13-7-9-14-21(19)24/h7-10,12-15H,2-6,11,16-17,25H2,1H3. The lowest BCUT2D eigenvalue weighted by Gasteiger charge is -2.13. The lowest BCUT2D eigenvalue weighted by molar-refractivity contribution is 0.565. The zero-order valence-electron chi connectivity index (χ0n) is 15.7. The molecule has 0 aliphatic carbocycles. The van der Waals surface area contributed by atoms with E-state index in [1.807, 2.05) is 24.3 Å². The summed E-state index contributed by atoms with van der Waals surface area (Å²) in [6.07, 6.45) is 7.46. The first-order chi connectivity index (χ1) is 12.8. The highest BCUT2D eigenvalue weighted by Gasteiger charge is 2.19. The maximum absolute atomic E-state index is 14.6. The molecule has 1 aromatic heterocycles. The Bertz CT molecular complexity index is 851. The molecule has 3 aromatic rings. The largest absolute Gasteiger partial charge is 0.340 e. The second-order valence-electron chi connectivity index (χ2n) is 6.95. The molecular formula is C23H29FN2. The predicted molar refractivity (Wildman–Crippen MR) is 109 cm³/mol. The molecule has 2 nitrogen and oxygen atoms in total. The Morgan fingerprint density at radius 2 is 1.58 bits per heavy atom. The Hall–Kier alpha value is -2.13. The van der Waals surface area contributed by atoms with Crippen LogP contribution >= 0.6 is 0 Å². The summed E-state index contributed by atoms with van der Waals surface area (Å²) < 4.78 is 16.8. The summed E-state index contributed by atoms with van der Waals surface area (Å²) >= 11 is 0. The van der Waals surface area contributed by atoms with Gasteiger partial charge in [-0.2, -0.15) is 0 Å². The SMILES string of the molecule is CCCCCCCCn1c(-c2ccccc2F)c(CN)c2ccccc21. The van der Waals surface area contributed by atoms with Gasteiger partial charge in [0, 0.05) is 29.6 Å². The fourth-order valence-electron chi connectivity index (χ4n) is 3.83. The summed E-state index contributed by atoms with van der Waals surface area (Å²) in [5.74, 6) is -0.186. The van der Waals surface area contributed by atoms with Crippen LogP contribution < -0.4 is 5.73 Å². The van der Waals surface area contributed by atoms with Crippen LogP contribution in [0.2, 0.25) is 0 Å². The molecule has 1 heterocycles. The average Bonchev–Trinajstić information content (AvgIpc) is 2.98. The predicted octanol–water partition coefficient (Wildman–Crippen LogP) is 6.27. The second-order valence-corrected chi connectivity index (χ2v) is 6.95. The number of aromatic nitrogens is 1. The summed E-state index contributed by atoms with van der Waals surface area (Å²) in [7, 11) is 0. The minimum absolute atomic E-state index is 0.186. The van der Waals surface area contributed by atoms with Crippen molar-refractivity contribution in [1.82, 2.24) is 4.57 Å². The highest BCUT2D eigenvalue weighted by Crippen LogP contribution is 2.35. The van der Waals surface area contributed by atoms with E-state index in [2.05, 4.69) is 23.6 Å². The third-order valence-corrected chi connectivity index (χ3v) is 5.14. The van der Waals surface area contributed by atoms with Gasteiger partial charge < -0.3 is 10.3 Å². The van der Waals surface area contributed by atoms with Crippen molar-refractivity contribution in [3.63, 3.8) is 0 Å². The van der Waals surface area contributed by atoms with Crippen LogP contribution in [0.25, 0.3) is 22.2 Å². The monoisotopic (exact) mass is 352 g/mol. The quantitative estimate of drug-likeness (QED) is 0.452. The molecule has 0 saturated carbocycles. The van der Waals surface area contributed by atoms with E-state index in [-0.39, 0.29) is 5.82 Å². The second kappa shape index (κ2) is 9.00. The minimum atomic E-state index is -0.186. The fourth-order valence-corrected chi connectivity index (χ4v) is 3.83. The maximum Gasteiger partial charge on any atom is 0.132 e. The van der Waals surface area contributed by atoms with Gasteiger partial charge in [-0.25, -0.2) is 4.39 Å². The Morgan fingerprint density at radius 1 is 0.885 bits per heavy atom. The number of aryl methyl sites for hydroxylation is 1. The van der Waals surface area contributed by atoms with Gasteiger partial charge in [-0.15, -0.1) is 0 Å². The normalized spacial score (nSPS) is 11.3. The number of nitrogens with two attached hydrogens (primary N) is 1. The lowest BCUT2D eigenvalue weighted by atomic mass is 10.0. The van der Waals surface area contributed by atoms with Gasteiger partial charge in [0.2, 0.25) is 0 Å². The fraction of sp³-hybridized carbons (Fsp3) is 0.391. The topological polar surface area (TPSA) is 30.9 Å². The molecule has 2 aromatic carbocycles. The molecule has 0 saturated heterocycles. The Kier molecular flexibility index (Phi) is 6.45. The highest BCUT2D eigenvalue weighted by molar-refractivity contribution is 5.92. The number of nitrogens with zero attached hydrogens (tertiary/aromatic N) is 1. The van der Waals surface area contributed by atoms with Crippen molar-refractivity contribution in [2.45, 2.75) is 58.5 Å². The molecule has 2 N–H and O–H groups in total. The van der Waals surface area contributed by atoms with Crippen LogP contribution in [0.1, 0.15) is 51.0 Å². The van der Waals surface area contributed by atoms with Gasteiger partial charge in [-0.1, -0.05) is 69.4 Å². The van der Waals surface area contributed by atoms with Gasteiger partial charge >= 0.3 is 0 Å². The van der Waals surface area contributed by atoms with E-state index in [4.69, 9.17) is 5.73 Å². The van der Waals surface area contributed by atoms with Crippen LogP contribution in [0.15, 0.2) is 48.5 Å². The van der Waals surface area contributed by atoms with Crippen molar-refractivity contribution in [2.75, 3.05) is 0 Å². The number of para-hydroxylation sites is 1. The number of halogens is 1. The third-order valence-electron chi connectivity index (χ3n) is 5.14. The van der Waals surface area contributed by atoms with Gasteiger partial charge in [0.15, 0.2) is 0 Å². The van der Waals surface area contributed by atoms with Crippen molar-refractivity contribution < 1.29 is 4.39 Å². The summed E-state index contributed by atoms with van der Waals surface area (Å²) in [5.41, 5.74) is 9.88. The number of benzene rings is 2. The van der Waals surface area contributed by atoms with Crippen molar-refractivity contribution in [3.8, 4) is 11.3 Å². The lowest BCUT2D eigenvalue weighted by Crippen LogP contribution is -2.05. The van der Waals surface area contributed by atoms with Gasteiger partial charge in [0.1, 0.15) is 5.82 Å². The maximum atomic E-state index is 14.6. The van der Waals surface area contributed by atoms with E-state index < -0.39 is 0 Å². The van der Waals surface area contributed by atoms with Gasteiger partial charge in [-0.3, -0.25) is 0 Å². The molecule has 26 heavy (non-hydrogen) atoms. The Morgan fingerprint density at radius 3 is 2.35 bits per heavy atom. The van der Waals surface area contributed by atoms with Crippen LogP contribution in [0.3, 0.4) is 0 Å². The summed E-state index contributed by atoms with van der Waals surface area (Å²) in [5, 5.41) is 1.14.